The molecule has 154 valence electrons. The van der Waals surface area contributed by atoms with Crippen LogP contribution in [0.4, 0.5) is 14.7 Å². The van der Waals surface area contributed by atoms with Gasteiger partial charge in [-0.3, -0.25) is 0 Å². The predicted octanol–water partition coefficient (Wildman–Crippen LogP) is 2.97. The van der Waals surface area contributed by atoms with Crippen LogP contribution >= 0.6 is 12.4 Å². The second-order valence-corrected chi connectivity index (χ2v) is 8.77. The first-order chi connectivity index (χ1) is 12.8. The lowest BCUT2D eigenvalue weighted by Crippen LogP contribution is -2.30. The minimum absolute atomic E-state index is 0. The maximum absolute atomic E-state index is 14.0. The first-order valence-corrected chi connectivity index (χ1v) is 10.6. The molecule has 0 aliphatic carbocycles. The standard InChI is InChI=1S/C18H22F2N4O2S.ClH/c1-11-5-6-12(16(20)15(11)19)9-22-18-23-10-14(27(2,25)26)17(24-18)13-4-3-7-21-8-13;/h5-6,10,13,21H,3-4,7-9H2,1-2H3,(H,22,23,24);1H. The van der Waals surface area contributed by atoms with Crippen LogP contribution in [-0.2, 0) is 16.4 Å². The molecule has 1 aromatic heterocycles. The summed E-state index contributed by atoms with van der Waals surface area (Å²) >= 11 is 0. The SMILES string of the molecule is Cc1ccc(CNc2ncc(S(C)(=O)=O)c(C3CCCNC3)n2)c(F)c1F.Cl. The van der Waals surface area contributed by atoms with Gasteiger partial charge in [-0.25, -0.2) is 27.2 Å². The van der Waals surface area contributed by atoms with Gasteiger partial charge in [-0.15, -0.1) is 12.4 Å². The third-order valence-corrected chi connectivity index (χ3v) is 5.77. The van der Waals surface area contributed by atoms with Crippen molar-refractivity contribution in [3.63, 3.8) is 0 Å². The number of nitrogens with zero attached hydrogens (tertiary/aromatic N) is 2. The summed E-state index contributed by atoms with van der Waals surface area (Å²) in [6.45, 7) is 3.01. The van der Waals surface area contributed by atoms with Gasteiger partial charge in [0.2, 0.25) is 5.95 Å². The van der Waals surface area contributed by atoms with Crippen LogP contribution in [0, 0.1) is 18.6 Å². The van der Waals surface area contributed by atoms with Crippen molar-refractivity contribution in [2.24, 2.45) is 0 Å². The third-order valence-electron chi connectivity index (χ3n) is 4.66. The van der Waals surface area contributed by atoms with Crippen LogP contribution < -0.4 is 10.6 Å². The topological polar surface area (TPSA) is 84.0 Å². The van der Waals surface area contributed by atoms with Gasteiger partial charge in [0.05, 0.1) is 11.9 Å². The Hall–Kier alpha value is -1.84. The normalized spacial score (nSPS) is 17.1. The van der Waals surface area contributed by atoms with E-state index in [1.807, 2.05) is 0 Å². The van der Waals surface area contributed by atoms with E-state index in [9.17, 15) is 17.2 Å². The largest absolute Gasteiger partial charge is 0.350 e. The van der Waals surface area contributed by atoms with E-state index in [1.54, 1.807) is 0 Å². The maximum atomic E-state index is 14.0. The van der Waals surface area contributed by atoms with Gasteiger partial charge in [-0.05, 0) is 31.9 Å². The van der Waals surface area contributed by atoms with Gasteiger partial charge in [0.25, 0.3) is 0 Å². The Morgan fingerprint density at radius 3 is 2.68 bits per heavy atom. The average molecular weight is 433 g/mol. The number of hydrogen-bond acceptors (Lipinski definition) is 6. The molecule has 0 saturated carbocycles. The van der Waals surface area contributed by atoms with Gasteiger partial charge in [-0.1, -0.05) is 12.1 Å². The van der Waals surface area contributed by atoms with Gasteiger partial charge < -0.3 is 10.6 Å². The van der Waals surface area contributed by atoms with Crippen molar-refractivity contribution in [1.29, 1.82) is 0 Å². The lowest BCUT2D eigenvalue weighted by molar-refractivity contribution is 0.448. The Bertz CT molecular complexity index is 951. The molecule has 1 atom stereocenters. The average Bonchev–Trinajstić information content (AvgIpc) is 2.65. The number of piperidine rings is 1. The fourth-order valence-electron chi connectivity index (χ4n) is 3.13. The van der Waals surface area contributed by atoms with E-state index in [4.69, 9.17) is 0 Å². The summed E-state index contributed by atoms with van der Waals surface area (Å²) in [6, 6.07) is 3.00. The third kappa shape index (κ3) is 4.95. The van der Waals surface area contributed by atoms with Crippen molar-refractivity contribution in [1.82, 2.24) is 15.3 Å². The van der Waals surface area contributed by atoms with Crippen LogP contribution in [0.25, 0.3) is 0 Å². The highest BCUT2D eigenvalue weighted by Crippen LogP contribution is 2.28. The Balaban J connectivity index is 0.00000280. The molecule has 0 spiro atoms. The maximum Gasteiger partial charge on any atom is 0.223 e. The monoisotopic (exact) mass is 432 g/mol. The van der Waals surface area contributed by atoms with Gasteiger partial charge in [-0.2, -0.15) is 0 Å². The van der Waals surface area contributed by atoms with Gasteiger partial charge >= 0.3 is 0 Å². The Kier molecular flexibility index (Phi) is 7.30. The van der Waals surface area contributed by atoms with Crippen LogP contribution in [0.15, 0.2) is 23.2 Å². The van der Waals surface area contributed by atoms with Crippen LogP contribution in [0.1, 0.15) is 35.6 Å². The van der Waals surface area contributed by atoms with E-state index in [1.165, 1.54) is 25.3 Å². The number of anilines is 1. The number of benzene rings is 1. The lowest BCUT2D eigenvalue weighted by atomic mass is 9.96. The van der Waals surface area contributed by atoms with Gasteiger partial charge in [0.1, 0.15) is 4.90 Å². The molecular formula is C18H23ClF2N4O2S. The quantitative estimate of drug-likeness (QED) is 0.755. The zero-order valence-corrected chi connectivity index (χ0v) is 17.3. The minimum atomic E-state index is -3.47. The van der Waals surface area contributed by atoms with E-state index in [2.05, 4.69) is 20.6 Å². The lowest BCUT2D eigenvalue weighted by Gasteiger charge is -2.24. The molecule has 1 aromatic carbocycles. The summed E-state index contributed by atoms with van der Waals surface area (Å²) in [7, 11) is -3.47. The molecule has 10 heteroatoms. The van der Waals surface area contributed by atoms with Crippen molar-refractivity contribution in [3.05, 3.63) is 46.8 Å². The highest BCUT2D eigenvalue weighted by atomic mass is 35.5. The fourth-order valence-corrected chi connectivity index (χ4v) is 3.97. The van der Waals surface area contributed by atoms with Crippen LogP contribution in [0.3, 0.4) is 0 Å². The molecular weight excluding hydrogens is 410 g/mol. The summed E-state index contributed by atoms with van der Waals surface area (Å²) in [5.74, 6) is -1.65. The molecule has 0 radical (unpaired) electrons. The first kappa shape index (κ1) is 22.4. The second kappa shape index (κ2) is 9.11. The highest BCUT2D eigenvalue weighted by molar-refractivity contribution is 7.90. The Morgan fingerprint density at radius 2 is 2.04 bits per heavy atom. The first-order valence-electron chi connectivity index (χ1n) is 8.72. The van der Waals surface area contributed by atoms with E-state index in [0.717, 1.165) is 25.6 Å². The molecule has 1 saturated heterocycles. The van der Waals surface area contributed by atoms with Crippen molar-refractivity contribution < 1.29 is 17.2 Å². The van der Waals surface area contributed by atoms with E-state index in [-0.39, 0.29) is 46.8 Å². The second-order valence-electron chi connectivity index (χ2n) is 6.78. The molecule has 2 aromatic rings. The smallest absolute Gasteiger partial charge is 0.223 e. The molecule has 0 bridgehead atoms. The van der Waals surface area contributed by atoms with E-state index < -0.39 is 21.5 Å². The summed E-state index contributed by atoms with van der Waals surface area (Å²) in [5.41, 5.74) is 0.838. The van der Waals surface area contributed by atoms with Crippen LogP contribution in [0.5, 0.6) is 0 Å². The summed E-state index contributed by atoms with van der Waals surface area (Å²) in [5, 5.41) is 6.10. The fraction of sp³-hybridized carbons (Fsp3) is 0.444. The van der Waals surface area contributed by atoms with Crippen LogP contribution in [-0.4, -0.2) is 37.7 Å². The molecule has 1 unspecified atom stereocenters. The Morgan fingerprint density at radius 1 is 1.29 bits per heavy atom. The summed E-state index contributed by atoms with van der Waals surface area (Å²) in [6.07, 6.45) is 4.15. The molecule has 6 nitrogen and oxygen atoms in total. The van der Waals surface area contributed by atoms with Gasteiger partial charge in [0.15, 0.2) is 21.5 Å². The van der Waals surface area contributed by atoms with Gasteiger partial charge in [0, 0.05) is 30.8 Å². The number of nitrogens with one attached hydrogen (secondary N) is 2. The number of aryl methyl sites for hydroxylation is 1. The summed E-state index contributed by atoms with van der Waals surface area (Å²) in [4.78, 5) is 8.54. The molecule has 0 amide bonds. The number of sulfone groups is 1. The molecule has 2 N–H and O–H groups in total. The van der Waals surface area contributed by atoms with Crippen molar-refractivity contribution >= 4 is 28.2 Å². The van der Waals surface area contributed by atoms with E-state index >= 15 is 0 Å². The zero-order valence-electron chi connectivity index (χ0n) is 15.6. The zero-order chi connectivity index (χ0) is 19.6. The minimum Gasteiger partial charge on any atom is -0.350 e. The molecule has 2 heterocycles. The molecule has 1 fully saturated rings. The number of rotatable bonds is 5. The number of halogens is 3. The number of aromatic nitrogens is 2. The summed E-state index contributed by atoms with van der Waals surface area (Å²) < 4.78 is 51.9. The Labute approximate surface area is 169 Å². The molecule has 3 rings (SSSR count). The predicted molar refractivity (Wildman–Crippen MR) is 106 cm³/mol. The highest BCUT2D eigenvalue weighted by Gasteiger charge is 2.25. The molecule has 28 heavy (non-hydrogen) atoms. The number of hydrogen-bond donors (Lipinski definition) is 2. The van der Waals surface area contributed by atoms with Crippen molar-refractivity contribution in [3.8, 4) is 0 Å². The van der Waals surface area contributed by atoms with E-state index in [0.29, 0.717) is 12.2 Å². The molecule has 1 aliphatic heterocycles. The molecule has 1 aliphatic rings. The van der Waals surface area contributed by atoms with Crippen LogP contribution in [0.2, 0.25) is 0 Å². The van der Waals surface area contributed by atoms with Crippen molar-refractivity contribution in [2.75, 3.05) is 24.7 Å². The van der Waals surface area contributed by atoms with Crippen molar-refractivity contribution in [2.45, 2.75) is 37.1 Å².